The molecule has 9 heteroatoms. The van der Waals surface area contributed by atoms with Gasteiger partial charge in [0.25, 0.3) is 11.5 Å². The first-order valence-electron chi connectivity index (χ1n) is 12.0. The van der Waals surface area contributed by atoms with E-state index in [0.717, 1.165) is 12.0 Å². The van der Waals surface area contributed by atoms with Gasteiger partial charge < -0.3 is 4.90 Å². The van der Waals surface area contributed by atoms with E-state index in [1.54, 1.807) is 18.0 Å². The van der Waals surface area contributed by atoms with E-state index in [2.05, 4.69) is 35.8 Å². The number of hydrogen-bond acceptors (Lipinski definition) is 5. The molecule has 4 aromatic rings. The minimum atomic E-state index is -0.471. The number of nitrogens with one attached hydrogen (secondary N) is 1. The van der Waals surface area contributed by atoms with Crippen molar-refractivity contribution in [2.45, 2.75) is 34.1 Å². The van der Waals surface area contributed by atoms with Crippen molar-refractivity contribution in [1.82, 2.24) is 29.5 Å². The molecule has 0 radical (unpaired) electrons. The number of halogens is 1. The molecular formula is C27H29FN6O2. The van der Waals surface area contributed by atoms with Gasteiger partial charge in [-0.3, -0.25) is 29.0 Å². The van der Waals surface area contributed by atoms with Gasteiger partial charge in [-0.1, -0.05) is 45.0 Å². The Kier molecular flexibility index (Phi) is 5.94. The van der Waals surface area contributed by atoms with Gasteiger partial charge in [0.15, 0.2) is 5.65 Å². The number of rotatable bonds is 5. The Bertz CT molecular complexity index is 1490. The highest BCUT2D eigenvalue weighted by Crippen LogP contribution is 2.30. The summed E-state index contributed by atoms with van der Waals surface area (Å²) in [7, 11) is 0. The van der Waals surface area contributed by atoms with Crippen molar-refractivity contribution in [2.75, 3.05) is 19.8 Å². The highest BCUT2D eigenvalue weighted by atomic mass is 19.1. The fourth-order valence-electron chi connectivity index (χ4n) is 4.61. The van der Waals surface area contributed by atoms with Crippen molar-refractivity contribution >= 4 is 11.6 Å². The number of alkyl halides is 1. The van der Waals surface area contributed by atoms with Crippen molar-refractivity contribution in [3.05, 3.63) is 69.9 Å². The molecule has 1 aliphatic rings. The molecule has 0 saturated carbocycles. The van der Waals surface area contributed by atoms with Gasteiger partial charge in [0.1, 0.15) is 11.3 Å². The van der Waals surface area contributed by atoms with Gasteiger partial charge >= 0.3 is 0 Å². The molecule has 4 heterocycles. The topological polar surface area (TPSA) is 96.2 Å². The minimum absolute atomic E-state index is 0.158. The van der Waals surface area contributed by atoms with Crippen LogP contribution in [0.25, 0.3) is 28.3 Å². The van der Waals surface area contributed by atoms with Crippen LogP contribution in [0.4, 0.5) is 4.39 Å². The van der Waals surface area contributed by atoms with E-state index < -0.39 is 6.67 Å². The van der Waals surface area contributed by atoms with Gasteiger partial charge in [0.05, 0.1) is 23.8 Å². The molecule has 0 atom stereocenters. The number of aryl methyl sites for hydroxylation is 1. The third-order valence-electron chi connectivity index (χ3n) is 6.39. The Hall–Kier alpha value is -3.88. The van der Waals surface area contributed by atoms with Crippen LogP contribution >= 0.6 is 0 Å². The van der Waals surface area contributed by atoms with Crippen LogP contribution in [-0.4, -0.2) is 55.1 Å². The summed E-state index contributed by atoms with van der Waals surface area (Å²) in [6, 6.07) is 9.43. The molecule has 3 aromatic heterocycles. The molecular weight excluding hydrogens is 459 g/mol. The molecule has 1 aliphatic heterocycles. The summed E-state index contributed by atoms with van der Waals surface area (Å²) in [4.78, 5) is 41.8. The first-order chi connectivity index (χ1) is 17.1. The third kappa shape index (κ3) is 4.41. The minimum Gasteiger partial charge on any atom is -0.338 e. The van der Waals surface area contributed by atoms with Gasteiger partial charge in [-0.25, -0.2) is 9.50 Å². The Morgan fingerprint density at radius 1 is 1.14 bits per heavy atom. The van der Waals surface area contributed by atoms with E-state index >= 15 is 0 Å². The van der Waals surface area contributed by atoms with E-state index in [-0.39, 0.29) is 34.0 Å². The Morgan fingerprint density at radius 2 is 1.83 bits per heavy atom. The van der Waals surface area contributed by atoms with E-state index in [1.165, 1.54) is 22.3 Å². The molecule has 1 saturated heterocycles. The zero-order valence-corrected chi connectivity index (χ0v) is 20.9. The van der Waals surface area contributed by atoms with Crippen LogP contribution in [-0.2, 0) is 6.42 Å². The van der Waals surface area contributed by atoms with Crippen molar-refractivity contribution < 1.29 is 9.18 Å². The average molecular weight is 489 g/mol. The zero-order valence-electron chi connectivity index (χ0n) is 20.9. The fraction of sp³-hybridized carbons (Fsp3) is 0.370. The van der Waals surface area contributed by atoms with Crippen LogP contribution in [0.2, 0.25) is 0 Å². The van der Waals surface area contributed by atoms with Crippen molar-refractivity contribution in [3.63, 3.8) is 0 Å². The van der Waals surface area contributed by atoms with Gasteiger partial charge in [-0.2, -0.15) is 0 Å². The molecule has 186 valence electrons. The lowest BCUT2D eigenvalue weighted by atomic mass is 9.88. The van der Waals surface area contributed by atoms with E-state index in [0.29, 0.717) is 35.9 Å². The number of amides is 1. The highest BCUT2D eigenvalue weighted by molar-refractivity contribution is 6.05. The smallest absolute Gasteiger partial charge is 0.273 e. The van der Waals surface area contributed by atoms with Gasteiger partial charge in [0, 0.05) is 43.0 Å². The monoisotopic (exact) mass is 488 g/mol. The van der Waals surface area contributed by atoms with Crippen molar-refractivity contribution in [2.24, 2.45) is 11.3 Å². The number of benzene rings is 1. The summed E-state index contributed by atoms with van der Waals surface area (Å²) in [5, 5.41) is 3.03. The number of hydrogen-bond donors (Lipinski definition) is 1. The number of fused-ring (bicyclic) bond motifs is 1. The average Bonchev–Trinajstić information content (AvgIpc) is 3.18. The summed E-state index contributed by atoms with van der Waals surface area (Å²) in [5.41, 5.74) is 4.15. The van der Waals surface area contributed by atoms with Crippen LogP contribution in [0.3, 0.4) is 0 Å². The summed E-state index contributed by atoms with van der Waals surface area (Å²) in [6.45, 7) is 8.52. The number of nitrogens with zero attached hydrogens (tertiary/aromatic N) is 5. The maximum absolute atomic E-state index is 13.6. The molecule has 8 nitrogen and oxygen atoms in total. The molecule has 36 heavy (non-hydrogen) atoms. The van der Waals surface area contributed by atoms with E-state index in [1.807, 2.05) is 24.3 Å². The van der Waals surface area contributed by atoms with Crippen LogP contribution < -0.4 is 5.56 Å². The lowest BCUT2D eigenvalue weighted by Crippen LogP contribution is -2.50. The summed E-state index contributed by atoms with van der Waals surface area (Å²) in [5.74, 6) is -0.484. The molecule has 5 rings (SSSR count). The number of aromatic nitrogens is 5. The van der Waals surface area contributed by atoms with Crippen LogP contribution in [0, 0.1) is 18.3 Å². The second-order valence-corrected chi connectivity index (χ2v) is 10.7. The summed E-state index contributed by atoms with van der Waals surface area (Å²) >= 11 is 0. The second-order valence-electron chi connectivity index (χ2n) is 10.7. The molecule has 1 fully saturated rings. The van der Waals surface area contributed by atoms with E-state index in [9.17, 15) is 14.0 Å². The highest BCUT2D eigenvalue weighted by Gasteiger charge is 2.35. The lowest BCUT2D eigenvalue weighted by Gasteiger charge is -2.37. The number of H-pyrrole nitrogens is 1. The molecule has 0 aliphatic carbocycles. The lowest BCUT2D eigenvalue weighted by molar-refractivity contribution is 0.0455. The maximum atomic E-state index is 13.6. The van der Waals surface area contributed by atoms with Crippen LogP contribution in [0.5, 0.6) is 0 Å². The van der Waals surface area contributed by atoms with Gasteiger partial charge in [0.2, 0.25) is 0 Å². The molecule has 0 bridgehead atoms. The third-order valence-corrected chi connectivity index (χ3v) is 6.39. The van der Waals surface area contributed by atoms with Crippen molar-refractivity contribution in [3.8, 4) is 22.6 Å². The van der Waals surface area contributed by atoms with Crippen molar-refractivity contribution in [1.29, 1.82) is 0 Å². The molecule has 1 amide bonds. The Morgan fingerprint density at radius 3 is 2.47 bits per heavy atom. The first kappa shape index (κ1) is 23.8. The maximum Gasteiger partial charge on any atom is 0.273 e. The number of likely N-dealkylation sites (tertiary alicyclic amines) is 1. The first-order valence-corrected chi connectivity index (χ1v) is 12.0. The zero-order chi connectivity index (χ0) is 25.6. The quantitative estimate of drug-likeness (QED) is 0.457. The Balaban J connectivity index is 1.64. The molecule has 1 N–H and O–H groups in total. The predicted molar refractivity (Wildman–Crippen MR) is 136 cm³/mol. The molecule has 0 spiro atoms. The van der Waals surface area contributed by atoms with Gasteiger partial charge in [-0.05, 0) is 24.3 Å². The fourth-order valence-corrected chi connectivity index (χ4v) is 4.61. The SMILES string of the molecule is Cc1nccnc1-c1[nH]n2c(=O)cc(-c3ccc(CC(C)(C)C)cc3)nc2c1C(=O)N1CC(CF)C1. The second kappa shape index (κ2) is 8.96. The largest absolute Gasteiger partial charge is 0.338 e. The Labute approximate surface area is 208 Å². The van der Waals surface area contributed by atoms with Crippen LogP contribution in [0.1, 0.15) is 42.4 Å². The predicted octanol–water partition coefficient (Wildman–Crippen LogP) is 4.09. The van der Waals surface area contributed by atoms with Gasteiger partial charge in [-0.15, -0.1) is 0 Å². The summed E-state index contributed by atoms with van der Waals surface area (Å²) in [6.07, 6.45) is 4.02. The van der Waals surface area contributed by atoms with E-state index in [4.69, 9.17) is 4.98 Å². The number of carbonyl (C=O) groups excluding carboxylic acids is 1. The standard InChI is InChI=1S/C27H29FN6O2/c1-16-23(30-10-9-29-16)24-22(26(36)33-14-18(13-28)15-33)25-31-20(11-21(35)34(25)32-24)19-7-5-17(6-8-19)12-27(2,3)4/h5-11,18,32H,12-15H2,1-4H3. The number of aromatic amines is 1. The van der Waals surface area contributed by atoms with Crippen LogP contribution in [0.15, 0.2) is 47.5 Å². The molecule has 0 unspecified atom stereocenters. The number of carbonyl (C=O) groups is 1. The summed E-state index contributed by atoms with van der Waals surface area (Å²) < 4.78 is 14.3. The normalized spacial score (nSPS) is 14.3. The molecule has 1 aromatic carbocycles.